The van der Waals surface area contributed by atoms with E-state index in [0.29, 0.717) is 6.42 Å². The van der Waals surface area contributed by atoms with Gasteiger partial charge in [-0.3, -0.25) is 9.59 Å². The van der Waals surface area contributed by atoms with Gasteiger partial charge in [-0.15, -0.1) is 0 Å². The summed E-state index contributed by atoms with van der Waals surface area (Å²) in [7, 11) is 0. The number of carboxylic acids is 1. The predicted molar refractivity (Wildman–Crippen MR) is 83.5 cm³/mol. The maximum Gasteiger partial charge on any atom is 0.303 e. The summed E-state index contributed by atoms with van der Waals surface area (Å²) < 4.78 is 13.3. The summed E-state index contributed by atoms with van der Waals surface area (Å²) in [6, 6.07) is 6.52. The Morgan fingerprint density at radius 3 is 2.87 bits per heavy atom. The SMILES string of the molecule is O=C(O)CC[C@@H]1CCCCN1C(=O)[C@@H]1C[C@@H]1c1cccc(F)c1. The molecule has 3 atom stereocenters. The average molecular weight is 319 g/mol. The zero-order valence-corrected chi connectivity index (χ0v) is 13.1. The highest BCUT2D eigenvalue weighted by molar-refractivity contribution is 5.83. The van der Waals surface area contributed by atoms with Crippen LogP contribution >= 0.6 is 0 Å². The third-order valence-electron chi connectivity index (χ3n) is 4.99. The van der Waals surface area contributed by atoms with E-state index in [0.717, 1.165) is 37.8 Å². The molecular formula is C18H22FNO3. The van der Waals surface area contributed by atoms with Crippen LogP contribution in [0.2, 0.25) is 0 Å². The van der Waals surface area contributed by atoms with Crippen molar-refractivity contribution in [1.82, 2.24) is 4.90 Å². The fourth-order valence-electron chi connectivity index (χ4n) is 3.67. The molecule has 4 nitrogen and oxygen atoms in total. The summed E-state index contributed by atoms with van der Waals surface area (Å²) >= 11 is 0. The molecule has 124 valence electrons. The summed E-state index contributed by atoms with van der Waals surface area (Å²) in [6.45, 7) is 0.718. The number of nitrogens with zero attached hydrogens (tertiary/aromatic N) is 1. The first kappa shape index (κ1) is 16.0. The van der Waals surface area contributed by atoms with Gasteiger partial charge in [0.05, 0.1) is 0 Å². The Morgan fingerprint density at radius 2 is 2.13 bits per heavy atom. The van der Waals surface area contributed by atoms with Crippen molar-refractivity contribution in [3.05, 3.63) is 35.6 Å². The Labute approximate surface area is 135 Å². The largest absolute Gasteiger partial charge is 0.481 e. The molecule has 1 aromatic carbocycles. The molecule has 0 aromatic heterocycles. The number of rotatable bonds is 5. The van der Waals surface area contributed by atoms with E-state index in [9.17, 15) is 14.0 Å². The van der Waals surface area contributed by atoms with Crippen LogP contribution in [-0.2, 0) is 9.59 Å². The fraction of sp³-hybridized carbons (Fsp3) is 0.556. The number of hydrogen-bond acceptors (Lipinski definition) is 2. The zero-order valence-electron chi connectivity index (χ0n) is 13.1. The van der Waals surface area contributed by atoms with Gasteiger partial charge in [-0.1, -0.05) is 12.1 Å². The van der Waals surface area contributed by atoms with Crippen LogP contribution in [0.15, 0.2) is 24.3 Å². The first-order chi connectivity index (χ1) is 11.1. The van der Waals surface area contributed by atoms with Crippen LogP contribution < -0.4 is 0 Å². The second-order valence-corrected chi connectivity index (χ2v) is 6.62. The quantitative estimate of drug-likeness (QED) is 0.907. The molecule has 1 aliphatic heterocycles. The number of hydrogen-bond donors (Lipinski definition) is 1. The van der Waals surface area contributed by atoms with E-state index >= 15 is 0 Å². The lowest BCUT2D eigenvalue weighted by Crippen LogP contribution is -2.44. The van der Waals surface area contributed by atoms with Crippen molar-refractivity contribution >= 4 is 11.9 Å². The molecule has 1 saturated heterocycles. The monoisotopic (exact) mass is 319 g/mol. The van der Waals surface area contributed by atoms with Gasteiger partial charge in [0.2, 0.25) is 5.91 Å². The van der Waals surface area contributed by atoms with Crippen LogP contribution in [0.25, 0.3) is 0 Å². The molecule has 3 rings (SSSR count). The lowest BCUT2D eigenvalue weighted by atomic mass is 9.97. The number of aliphatic carboxylic acids is 1. The average Bonchev–Trinajstić information content (AvgIpc) is 3.33. The lowest BCUT2D eigenvalue weighted by Gasteiger charge is -2.36. The summed E-state index contributed by atoms with van der Waals surface area (Å²) in [5.74, 6) is -0.915. The second-order valence-electron chi connectivity index (χ2n) is 6.62. The van der Waals surface area contributed by atoms with Crippen LogP contribution in [-0.4, -0.2) is 34.5 Å². The number of carbonyl (C=O) groups excluding carboxylic acids is 1. The van der Waals surface area contributed by atoms with Crippen molar-refractivity contribution in [2.45, 2.75) is 50.5 Å². The van der Waals surface area contributed by atoms with Gasteiger partial charge in [0.1, 0.15) is 5.82 Å². The molecule has 23 heavy (non-hydrogen) atoms. The number of amides is 1. The standard InChI is InChI=1S/C18H22FNO3/c19-13-5-3-4-12(10-13)15-11-16(15)18(23)20-9-2-1-6-14(20)7-8-17(21)22/h3-5,10,14-16H,1-2,6-9,11H2,(H,21,22)/t14-,15+,16+/m0/s1. The highest BCUT2D eigenvalue weighted by atomic mass is 19.1. The molecule has 1 aliphatic carbocycles. The molecule has 0 spiro atoms. The van der Waals surface area contributed by atoms with Crippen LogP contribution in [0.1, 0.15) is 50.0 Å². The third-order valence-corrected chi connectivity index (χ3v) is 4.99. The highest BCUT2D eigenvalue weighted by Crippen LogP contribution is 2.49. The third kappa shape index (κ3) is 3.71. The van der Waals surface area contributed by atoms with Gasteiger partial charge in [0.25, 0.3) is 0 Å². The summed E-state index contributed by atoms with van der Waals surface area (Å²) in [4.78, 5) is 25.4. The predicted octanol–water partition coefficient (Wildman–Crippen LogP) is 3.18. The van der Waals surface area contributed by atoms with E-state index in [2.05, 4.69) is 0 Å². The molecule has 5 heteroatoms. The summed E-state index contributed by atoms with van der Waals surface area (Å²) in [6.07, 6.45) is 4.31. The summed E-state index contributed by atoms with van der Waals surface area (Å²) in [5, 5.41) is 8.87. The number of likely N-dealkylation sites (tertiary alicyclic amines) is 1. The smallest absolute Gasteiger partial charge is 0.303 e. The highest BCUT2D eigenvalue weighted by Gasteiger charge is 2.47. The Kier molecular flexibility index (Phi) is 4.64. The Bertz CT molecular complexity index is 604. The van der Waals surface area contributed by atoms with Gasteiger partial charge >= 0.3 is 5.97 Å². The Balaban J connectivity index is 1.63. The van der Waals surface area contributed by atoms with Crippen LogP contribution in [0.5, 0.6) is 0 Å². The summed E-state index contributed by atoms with van der Waals surface area (Å²) in [5.41, 5.74) is 0.891. The lowest BCUT2D eigenvalue weighted by molar-refractivity contribution is -0.140. The minimum Gasteiger partial charge on any atom is -0.481 e. The Morgan fingerprint density at radius 1 is 1.30 bits per heavy atom. The van der Waals surface area contributed by atoms with E-state index < -0.39 is 5.97 Å². The van der Waals surface area contributed by atoms with E-state index in [1.165, 1.54) is 12.1 Å². The number of piperidine rings is 1. The molecule has 0 radical (unpaired) electrons. The molecule has 1 heterocycles. The van der Waals surface area contributed by atoms with Gasteiger partial charge in [-0.2, -0.15) is 0 Å². The zero-order chi connectivity index (χ0) is 16.4. The van der Waals surface area contributed by atoms with E-state index in [4.69, 9.17) is 5.11 Å². The molecule has 1 amide bonds. The van der Waals surface area contributed by atoms with E-state index in [1.54, 1.807) is 6.07 Å². The van der Waals surface area contributed by atoms with Crippen molar-refractivity contribution in [3.63, 3.8) is 0 Å². The van der Waals surface area contributed by atoms with E-state index in [1.807, 2.05) is 11.0 Å². The molecule has 1 N–H and O–H groups in total. The Hall–Kier alpha value is -1.91. The molecule has 1 aromatic rings. The molecule has 2 aliphatic rings. The van der Waals surface area contributed by atoms with Crippen molar-refractivity contribution in [2.24, 2.45) is 5.92 Å². The molecular weight excluding hydrogens is 297 g/mol. The second kappa shape index (κ2) is 6.69. The van der Waals surface area contributed by atoms with Gasteiger partial charge in [0.15, 0.2) is 0 Å². The molecule has 2 fully saturated rings. The maximum absolute atomic E-state index is 13.3. The van der Waals surface area contributed by atoms with Gasteiger partial charge in [-0.25, -0.2) is 4.39 Å². The van der Waals surface area contributed by atoms with Crippen molar-refractivity contribution in [3.8, 4) is 0 Å². The first-order valence-corrected chi connectivity index (χ1v) is 8.34. The van der Waals surface area contributed by atoms with Crippen molar-refractivity contribution in [2.75, 3.05) is 6.54 Å². The normalized spacial score (nSPS) is 26.8. The van der Waals surface area contributed by atoms with E-state index in [-0.39, 0.29) is 36.0 Å². The molecule has 0 bridgehead atoms. The number of carbonyl (C=O) groups is 2. The van der Waals surface area contributed by atoms with Crippen molar-refractivity contribution < 1.29 is 19.1 Å². The number of benzene rings is 1. The number of halogens is 1. The molecule has 0 unspecified atom stereocenters. The van der Waals surface area contributed by atoms with Gasteiger partial charge in [-0.05, 0) is 55.7 Å². The van der Waals surface area contributed by atoms with Gasteiger partial charge in [0, 0.05) is 24.9 Å². The topological polar surface area (TPSA) is 57.6 Å². The fourth-order valence-corrected chi connectivity index (χ4v) is 3.67. The van der Waals surface area contributed by atoms with Gasteiger partial charge < -0.3 is 10.0 Å². The minimum atomic E-state index is -0.813. The van der Waals surface area contributed by atoms with Crippen LogP contribution in [0.4, 0.5) is 4.39 Å². The number of carboxylic acid groups (broad SMARTS) is 1. The van der Waals surface area contributed by atoms with Crippen molar-refractivity contribution in [1.29, 1.82) is 0 Å². The van der Waals surface area contributed by atoms with Crippen LogP contribution in [0.3, 0.4) is 0 Å². The minimum absolute atomic E-state index is 0.0427. The van der Waals surface area contributed by atoms with Crippen LogP contribution in [0, 0.1) is 11.7 Å². The first-order valence-electron chi connectivity index (χ1n) is 8.34. The molecule has 1 saturated carbocycles. The maximum atomic E-state index is 13.3.